The lowest BCUT2D eigenvalue weighted by molar-refractivity contribution is 0.691. The fourth-order valence-electron chi connectivity index (χ4n) is 9.11. The highest BCUT2D eigenvalue weighted by molar-refractivity contribution is 6.14. The van der Waals surface area contributed by atoms with Gasteiger partial charge in [-0.05, 0) is 120 Å². The van der Waals surface area contributed by atoms with Gasteiger partial charge in [0.2, 0.25) is 0 Å². The highest BCUT2D eigenvalue weighted by Gasteiger charge is 2.25. The Kier molecular flexibility index (Phi) is 8.18. The molecule has 1 aliphatic carbocycles. The summed E-state index contributed by atoms with van der Waals surface area (Å²) in [6, 6.07) is 72.7. The molecule has 3 nitrogen and oxygen atoms in total. The molecule has 10 aromatic rings. The molecule has 0 radical (unpaired) electrons. The number of allylic oxidation sites excluding steroid dienone is 1. The van der Waals surface area contributed by atoms with Gasteiger partial charge in [-0.3, -0.25) is 0 Å². The number of nitrogens with zero attached hydrogens (tertiary/aromatic N) is 3. The highest BCUT2D eigenvalue weighted by Crippen LogP contribution is 2.43. The van der Waals surface area contributed by atoms with E-state index < -0.39 is 0 Å². The Labute approximate surface area is 339 Å². The van der Waals surface area contributed by atoms with Gasteiger partial charge in [-0.1, -0.05) is 134 Å². The average Bonchev–Trinajstić information content (AvgIpc) is 3.78. The molecule has 0 fully saturated rings. The number of fused-ring (bicyclic) bond motifs is 6. The highest BCUT2D eigenvalue weighted by atomic mass is 15.1. The molecule has 0 aliphatic heterocycles. The van der Waals surface area contributed by atoms with E-state index in [0.717, 1.165) is 29.2 Å². The number of rotatable bonds is 7. The van der Waals surface area contributed by atoms with Gasteiger partial charge < -0.3 is 14.0 Å². The minimum absolute atomic E-state index is 0.440. The van der Waals surface area contributed by atoms with Gasteiger partial charge in [-0.25, -0.2) is 0 Å². The quantitative estimate of drug-likeness (QED) is 0.158. The third kappa shape index (κ3) is 5.74. The van der Waals surface area contributed by atoms with Gasteiger partial charge >= 0.3 is 0 Å². The molecule has 2 aromatic heterocycles. The smallest absolute Gasteiger partial charge is 0.0548 e. The Morgan fingerprint density at radius 1 is 0.414 bits per heavy atom. The van der Waals surface area contributed by atoms with E-state index in [0.29, 0.717) is 5.92 Å². The van der Waals surface area contributed by atoms with Crippen LogP contribution in [0, 0.1) is 5.92 Å². The summed E-state index contributed by atoms with van der Waals surface area (Å²) in [7, 11) is 0. The first-order chi connectivity index (χ1) is 28.7. The first-order valence-electron chi connectivity index (χ1n) is 20.2. The Bertz CT molecular complexity index is 3020. The third-order valence-corrected chi connectivity index (χ3v) is 11.8. The molecule has 0 amide bonds. The van der Waals surface area contributed by atoms with Gasteiger partial charge in [-0.2, -0.15) is 0 Å². The van der Waals surface area contributed by atoms with E-state index in [1.807, 2.05) is 0 Å². The van der Waals surface area contributed by atoms with Gasteiger partial charge in [-0.15, -0.1) is 0 Å². The van der Waals surface area contributed by atoms with Crippen LogP contribution in [-0.2, 0) is 6.42 Å². The van der Waals surface area contributed by atoms with Crippen LogP contribution in [0.1, 0.15) is 18.2 Å². The van der Waals surface area contributed by atoms with Crippen molar-refractivity contribution in [3.8, 4) is 33.6 Å². The standard InChI is InChI=1S/C55H41N3/c1-38-26-31-49-51-37-54-50(36-55(51)58(53(49)32-38)47-34-41(39-16-6-2-7-17-39)33-42(35-47)40-18-8-3-9-19-40)48-24-14-15-25-52(48)57(54)46-29-27-45(28-30-46)56(43-20-10-4-11-21-43)44-22-12-5-13-23-44/h2-31,33-38H,32H2,1H3. The summed E-state index contributed by atoms with van der Waals surface area (Å²) in [5, 5.41) is 3.77. The van der Waals surface area contributed by atoms with Crippen LogP contribution in [0.4, 0.5) is 17.1 Å². The molecule has 8 aromatic carbocycles. The molecule has 1 atom stereocenters. The molecule has 1 aliphatic rings. The second-order valence-electron chi connectivity index (χ2n) is 15.5. The monoisotopic (exact) mass is 743 g/mol. The molecule has 0 saturated carbocycles. The first-order valence-corrected chi connectivity index (χ1v) is 20.2. The van der Waals surface area contributed by atoms with Crippen LogP contribution in [-0.4, -0.2) is 9.13 Å². The summed E-state index contributed by atoms with van der Waals surface area (Å²) in [6.07, 6.45) is 5.73. The predicted molar refractivity (Wildman–Crippen MR) is 245 cm³/mol. The van der Waals surface area contributed by atoms with Gasteiger partial charge in [0.1, 0.15) is 0 Å². The van der Waals surface area contributed by atoms with E-state index in [-0.39, 0.29) is 0 Å². The topological polar surface area (TPSA) is 13.1 Å². The molecule has 58 heavy (non-hydrogen) atoms. The van der Waals surface area contributed by atoms with Gasteiger partial charge in [0.05, 0.1) is 16.6 Å². The molecule has 276 valence electrons. The Balaban J connectivity index is 1.13. The molecule has 1 unspecified atom stereocenters. The van der Waals surface area contributed by atoms with E-state index in [1.165, 1.54) is 71.9 Å². The van der Waals surface area contributed by atoms with Crippen molar-refractivity contribution in [1.82, 2.24) is 9.13 Å². The lowest BCUT2D eigenvalue weighted by atomic mass is 9.94. The second-order valence-corrected chi connectivity index (χ2v) is 15.5. The molecule has 0 spiro atoms. The molecule has 2 heterocycles. The van der Waals surface area contributed by atoms with E-state index in [9.17, 15) is 0 Å². The SMILES string of the molecule is CC1C=Cc2c(n(-c3cc(-c4ccccc4)cc(-c4ccccc4)c3)c3cc4c5ccccc5n(-c5ccc(N(c6ccccc6)c6ccccc6)cc5)c4cc23)C1. The van der Waals surface area contributed by atoms with Crippen LogP contribution in [0.2, 0.25) is 0 Å². The summed E-state index contributed by atoms with van der Waals surface area (Å²) in [4.78, 5) is 2.32. The number of hydrogen-bond acceptors (Lipinski definition) is 1. The van der Waals surface area contributed by atoms with Crippen LogP contribution in [0.3, 0.4) is 0 Å². The average molecular weight is 744 g/mol. The van der Waals surface area contributed by atoms with Crippen LogP contribution >= 0.6 is 0 Å². The fourth-order valence-corrected chi connectivity index (χ4v) is 9.11. The van der Waals surface area contributed by atoms with Gasteiger partial charge in [0.25, 0.3) is 0 Å². The van der Waals surface area contributed by atoms with Crippen LogP contribution in [0.5, 0.6) is 0 Å². The maximum Gasteiger partial charge on any atom is 0.0548 e. The predicted octanol–water partition coefficient (Wildman–Crippen LogP) is 14.7. The van der Waals surface area contributed by atoms with Crippen molar-refractivity contribution in [2.45, 2.75) is 13.3 Å². The zero-order valence-corrected chi connectivity index (χ0v) is 32.3. The minimum atomic E-state index is 0.440. The Hall–Kier alpha value is -7.36. The van der Waals surface area contributed by atoms with Crippen molar-refractivity contribution >= 4 is 55.8 Å². The lowest BCUT2D eigenvalue weighted by Crippen LogP contribution is -2.09. The summed E-state index contributed by atoms with van der Waals surface area (Å²) in [5.41, 5.74) is 16.9. The number of hydrogen-bond donors (Lipinski definition) is 0. The zero-order chi connectivity index (χ0) is 38.6. The second kappa shape index (κ2) is 14.0. The maximum absolute atomic E-state index is 2.56. The van der Waals surface area contributed by atoms with Gasteiger partial charge in [0.15, 0.2) is 0 Å². The van der Waals surface area contributed by atoms with Crippen molar-refractivity contribution < 1.29 is 0 Å². The fraction of sp³-hybridized carbons (Fsp3) is 0.0545. The number of anilines is 3. The van der Waals surface area contributed by atoms with Crippen molar-refractivity contribution in [1.29, 1.82) is 0 Å². The van der Waals surface area contributed by atoms with Crippen molar-refractivity contribution in [3.63, 3.8) is 0 Å². The summed E-state index contributed by atoms with van der Waals surface area (Å²) < 4.78 is 5.01. The minimum Gasteiger partial charge on any atom is -0.313 e. The van der Waals surface area contributed by atoms with Gasteiger partial charge in [0, 0.05) is 55.9 Å². The Morgan fingerprint density at radius 2 is 0.931 bits per heavy atom. The van der Waals surface area contributed by atoms with Crippen molar-refractivity contribution in [2.75, 3.05) is 4.90 Å². The van der Waals surface area contributed by atoms with E-state index in [4.69, 9.17) is 0 Å². The number of aromatic nitrogens is 2. The summed E-state index contributed by atoms with van der Waals surface area (Å²) in [5.74, 6) is 0.440. The van der Waals surface area contributed by atoms with E-state index in [1.54, 1.807) is 0 Å². The van der Waals surface area contributed by atoms with Crippen LogP contribution in [0.15, 0.2) is 206 Å². The van der Waals surface area contributed by atoms with Crippen molar-refractivity contribution in [2.24, 2.45) is 5.92 Å². The zero-order valence-electron chi connectivity index (χ0n) is 32.3. The molecule has 0 bridgehead atoms. The summed E-state index contributed by atoms with van der Waals surface area (Å²) in [6.45, 7) is 2.33. The lowest BCUT2D eigenvalue weighted by Gasteiger charge is -2.25. The van der Waals surface area contributed by atoms with E-state index in [2.05, 4.69) is 233 Å². The molecule has 0 saturated heterocycles. The molecule has 11 rings (SSSR count). The molecule has 0 N–H and O–H groups in total. The Morgan fingerprint density at radius 3 is 1.55 bits per heavy atom. The molecular weight excluding hydrogens is 703 g/mol. The van der Waals surface area contributed by atoms with E-state index >= 15 is 0 Å². The first kappa shape index (κ1) is 33.9. The summed E-state index contributed by atoms with van der Waals surface area (Å²) >= 11 is 0. The van der Waals surface area contributed by atoms with Crippen LogP contribution < -0.4 is 4.90 Å². The molecular formula is C55H41N3. The number of benzene rings is 8. The number of para-hydroxylation sites is 3. The largest absolute Gasteiger partial charge is 0.313 e. The third-order valence-electron chi connectivity index (χ3n) is 11.8. The van der Waals surface area contributed by atoms with Crippen LogP contribution in [0.25, 0.3) is 72.4 Å². The van der Waals surface area contributed by atoms with Crippen molar-refractivity contribution in [3.05, 3.63) is 218 Å². The normalized spacial score (nSPS) is 13.6. The molecule has 3 heteroatoms. The maximum atomic E-state index is 2.56.